The molecule has 0 radical (unpaired) electrons. The maximum absolute atomic E-state index is 17.3. The van der Waals surface area contributed by atoms with Gasteiger partial charge < -0.3 is 14.9 Å². The second-order valence-corrected chi connectivity index (χ2v) is 18.5. The molecule has 3 N–H and O–H groups in total. The van der Waals surface area contributed by atoms with Crippen molar-refractivity contribution in [3.8, 4) is 0 Å². The number of piperidine rings is 1. The van der Waals surface area contributed by atoms with Crippen LogP contribution < -0.4 is 9.80 Å². The van der Waals surface area contributed by atoms with E-state index in [4.69, 9.17) is 4.98 Å². The van der Waals surface area contributed by atoms with Gasteiger partial charge in [-0.3, -0.25) is 14.1 Å². The van der Waals surface area contributed by atoms with Crippen molar-refractivity contribution < 1.29 is 40.6 Å². The van der Waals surface area contributed by atoms with Crippen LogP contribution in [-0.4, -0.2) is 72.8 Å². The molecule has 0 amide bonds. The van der Waals surface area contributed by atoms with Crippen LogP contribution in [0.2, 0.25) is 0 Å². The molecule has 15 heteroatoms. The SMILES string of the molecule is CC1(C)Cc2nc(C3CCN(c4ncc(N5CCS(O)(O)CC5)cn4)CC3)c(C(F)c3ccc(C(F)(F)F)cc3)c(C3CCC(F)(F)CC3)c2[C@@H](O)C1. The topological polar surface area (TPSA) is 106 Å². The minimum atomic E-state index is -4.60. The number of rotatable bonds is 6. The number of benzene rings is 1. The van der Waals surface area contributed by atoms with Gasteiger partial charge in [0, 0.05) is 61.8 Å². The van der Waals surface area contributed by atoms with Crippen molar-refractivity contribution in [2.24, 2.45) is 5.41 Å². The molecule has 2 atom stereocenters. The summed E-state index contributed by atoms with van der Waals surface area (Å²) in [6, 6.07) is 3.98. The van der Waals surface area contributed by atoms with Gasteiger partial charge in [0.2, 0.25) is 11.9 Å². The first kappa shape index (κ1) is 38.1. The van der Waals surface area contributed by atoms with Crippen molar-refractivity contribution in [2.45, 2.75) is 101 Å². The number of aliphatic hydroxyl groups is 1. The average molecular weight is 768 g/mol. The van der Waals surface area contributed by atoms with E-state index in [9.17, 15) is 36.2 Å². The molecule has 1 aromatic carbocycles. The highest BCUT2D eigenvalue weighted by Crippen LogP contribution is 2.52. The van der Waals surface area contributed by atoms with Crippen LogP contribution in [0.4, 0.5) is 38.0 Å². The number of pyridine rings is 1. The fourth-order valence-electron chi connectivity index (χ4n) is 8.69. The summed E-state index contributed by atoms with van der Waals surface area (Å²) in [5.41, 5.74) is 1.92. The normalized spacial score (nSPS) is 24.8. The number of alkyl halides is 6. The minimum absolute atomic E-state index is 0.0127. The van der Waals surface area contributed by atoms with Crippen LogP contribution in [0.5, 0.6) is 0 Å². The first-order valence-corrected chi connectivity index (χ1v) is 20.3. The van der Waals surface area contributed by atoms with Crippen molar-refractivity contribution in [1.82, 2.24) is 15.0 Å². The largest absolute Gasteiger partial charge is 0.416 e. The molecule has 1 saturated carbocycles. The van der Waals surface area contributed by atoms with Gasteiger partial charge in [0.15, 0.2) is 6.17 Å². The second kappa shape index (κ2) is 14.2. The third-order valence-electron chi connectivity index (χ3n) is 11.6. The predicted molar refractivity (Wildman–Crippen MR) is 193 cm³/mol. The number of hydrogen-bond donors (Lipinski definition) is 3. The van der Waals surface area contributed by atoms with Gasteiger partial charge in [0.05, 0.1) is 46.9 Å². The molecular formula is C38H47F6N5O3S. The number of aliphatic hydroxyl groups excluding tert-OH is 1. The summed E-state index contributed by atoms with van der Waals surface area (Å²) in [6.45, 7) is 6.07. The van der Waals surface area contributed by atoms with E-state index < -0.39 is 46.4 Å². The molecule has 0 bridgehead atoms. The maximum Gasteiger partial charge on any atom is 0.416 e. The molecule has 53 heavy (non-hydrogen) atoms. The highest BCUT2D eigenvalue weighted by Gasteiger charge is 2.44. The average Bonchev–Trinajstić information content (AvgIpc) is 3.10. The third-order valence-corrected chi connectivity index (χ3v) is 13.3. The Hall–Kier alpha value is -3.14. The molecule has 4 heterocycles. The molecular weight excluding hydrogens is 721 g/mol. The van der Waals surface area contributed by atoms with Crippen molar-refractivity contribution >= 4 is 22.2 Å². The minimum Gasteiger partial charge on any atom is -0.388 e. The summed E-state index contributed by atoms with van der Waals surface area (Å²) >= 11 is 0. The summed E-state index contributed by atoms with van der Waals surface area (Å²) in [4.78, 5) is 18.4. The van der Waals surface area contributed by atoms with E-state index in [1.807, 2.05) is 23.6 Å². The van der Waals surface area contributed by atoms with E-state index in [2.05, 4.69) is 9.97 Å². The zero-order valence-corrected chi connectivity index (χ0v) is 30.7. The van der Waals surface area contributed by atoms with Crippen molar-refractivity contribution in [3.63, 3.8) is 0 Å². The summed E-state index contributed by atoms with van der Waals surface area (Å²) in [5.74, 6) is -2.45. The molecule has 8 nitrogen and oxygen atoms in total. The van der Waals surface area contributed by atoms with Crippen molar-refractivity contribution in [3.05, 3.63) is 75.9 Å². The van der Waals surface area contributed by atoms with Crippen LogP contribution in [-0.2, 0) is 12.6 Å². The van der Waals surface area contributed by atoms with Crippen molar-refractivity contribution in [2.75, 3.05) is 47.5 Å². The first-order valence-electron chi connectivity index (χ1n) is 18.4. The zero-order valence-electron chi connectivity index (χ0n) is 29.9. The molecule has 3 aromatic rings. The summed E-state index contributed by atoms with van der Waals surface area (Å²) in [5, 5.41) is 11.6. The van der Waals surface area contributed by atoms with Gasteiger partial charge in [-0.25, -0.2) is 23.1 Å². The fraction of sp³-hybridized carbons (Fsp3) is 0.605. The standard InChI is InChI=1S/C38H47F6N5O3S/c1-36(2)19-28-31(29(50)20-36)30(23-7-11-37(40,41)12-8-23)32(33(39)24-3-5-26(6-4-24)38(42,43)44)34(47-28)25-9-13-49(14-10-25)35-45-21-27(22-46-35)48-15-17-53(51,52)18-16-48/h3-6,21-23,25,29,33,50-52H,7-20H2,1-2H3/t29-,33?/m0/s1. The molecule has 2 aromatic heterocycles. The predicted octanol–water partition coefficient (Wildman–Crippen LogP) is 9.20. The Morgan fingerprint density at radius 3 is 2.04 bits per heavy atom. The van der Waals surface area contributed by atoms with Gasteiger partial charge in [0.1, 0.15) is 0 Å². The summed E-state index contributed by atoms with van der Waals surface area (Å²) < 4.78 is 107. The van der Waals surface area contributed by atoms with Crippen molar-refractivity contribution in [1.29, 1.82) is 0 Å². The number of aromatic nitrogens is 3. The van der Waals surface area contributed by atoms with Crippen LogP contribution in [0, 0.1) is 5.41 Å². The van der Waals surface area contributed by atoms with E-state index >= 15 is 4.39 Å². The van der Waals surface area contributed by atoms with Gasteiger partial charge in [-0.1, -0.05) is 26.0 Å². The van der Waals surface area contributed by atoms with Crippen LogP contribution in [0.25, 0.3) is 0 Å². The Labute approximate surface area is 307 Å². The summed E-state index contributed by atoms with van der Waals surface area (Å²) in [7, 11) is -2.54. The van der Waals surface area contributed by atoms with Crippen LogP contribution in [0.15, 0.2) is 36.7 Å². The van der Waals surface area contributed by atoms with Gasteiger partial charge in [-0.15, -0.1) is 0 Å². The Bertz CT molecular complexity index is 1760. The number of halogens is 6. The number of hydrogen-bond acceptors (Lipinski definition) is 8. The van der Waals surface area contributed by atoms with Gasteiger partial charge >= 0.3 is 6.18 Å². The van der Waals surface area contributed by atoms with Gasteiger partial charge in [0.25, 0.3) is 0 Å². The Balaban J connectivity index is 1.23. The molecule has 290 valence electrons. The van der Waals surface area contributed by atoms with Crippen LogP contribution in [0.3, 0.4) is 0 Å². The van der Waals surface area contributed by atoms with E-state index in [1.165, 1.54) is 0 Å². The zero-order chi connectivity index (χ0) is 37.9. The lowest BCUT2D eigenvalue weighted by atomic mass is 9.68. The van der Waals surface area contributed by atoms with E-state index in [-0.39, 0.29) is 48.1 Å². The molecule has 2 aliphatic carbocycles. The lowest BCUT2D eigenvalue weighted by Crippen LogP contribution is -2.38. The fourth-order valence-corrected chi connectivity index (χ4v) is 9.92. The Morgan fingerprint density at radius 2 is 1.45 bits per heavy atom. The van der Waals surface area contributed by atoms with E-state index in [0.717, 1.165) is 30.0 Å². The lowest BCUT2D eigenvalue weighted by molar-refractivity contribution is -0.137. The number of nitrogens with zero attached hydrogens (tertiary/aromatic N) is 5. The van der Waals surface area contributed by atoms with E-state index in [0.29, 0.717) is 91.8 Å². The second-order valence-electron chi connectivity index (χ2n) is 16.1. The number of anilines is 2. The van der Waals surface area contributed by atoms with Crippen LogP contribution >= 0.6 is 10.6 Å². The molecule has 3 fully saturated rings. The molecule has 7 rings (SSSR count). The van der Waals surface area contributed by atoms with Crippen LogP contribution in [0.1, 0.15) is 122 Å². The summed E-state index contributed by atoms with van der Waals surface area (Å²) in [6.07, 6.45) is -2.62. The smallest absolute Gasteiger partial charge is 0.388 e. The first-order chi connectivity index (χ1) is 24.9. The molecule has 2 aliphatic heterocycles. The maximum atomic E-state index is 17.3. The Kier molecular flexibility index (Phi) is 10.2. The number of fused-ring (bicyclic) bond motifs is 1. The lowest BCUT2D eigenvalue weighted by Gasteiger charge is -2.41. The molecule has 2 saturated heterocycles. The van der Waals surface area contributed by atoms with Gasteiger partial charge in [-0.05, 0) is 73.1 Å². The molecule has 4 aliphatic rings. The van der Waals surface area contributed by atoms with Gasteiger partial charge in [-0.2, -0.15) is 23.8 Å². The quantitative estimate of drug-likeness (QED) is 0.214. The molecule has 1 unspecified atom stereocenters. The Morgan fingerprint density at radius 1 is 0.849 bits per heavy atom. The highest BCUT2D eigenvalue weighted by atomic mass is 32.3. The third kappa shape index (κ3) is 8.13. The molecule has 0 spiro atoms. The monoisotopic (exact) mass is 767 g/mol. The van der Waals surface area contributed by atoms with E-state index in [1.54, 1.807) is 12.4 Å². The highest BCUT2D eigenvalue weighted by molar-refractivity contribution is 8.24.